The van der Waals surface area contributed by atoms with Crippen LogP contribution in [0.25, 0.3) is 0 Å². The van der Waals surface area contributed by atoms with E-state index in [0.29, 0.717) is 0 Å². The Balaban J connectivity index is 3.16. The highest BCUT2D eigenvalue weighted by molar-refractivity contribution is 5.77. The zero-order valence-corrected chi connectivity index (χ0v) is 11.2. The molecule has 0 aliphatic heterocycles. The third-order valence-electron chi connectivity index (χ3n) is 3.22. The number of esters is 1. The molecule has 3 heteroatoms. The van der Waals surface area contributed by atoms with Crippen LogP contribution in [-0.2, 0) is 9.53 Å². The maximum Gasteiger partial charge on any atom is 0.313 e. The first-order valence-electron chi connectivity index (χ1n) is 5.76. The lowest BCUT2D eigenvalue weighted by molar-refractivity contribution is -0.152. The van der Waals surface area contributed by atoms with Gasteiger partial charge in [-0.25, -0.2) is 0 Å². The molecule has 94 valence electrons. The van der Waals surface area contributed by atoms with Gasteiger partial charge in [0.1, 0.15) is 0 Å². The van der Waals surface area contributed by atoms with Crippen molar-refractivity contribution in [3.05, 3.63) is 35.4 Å². The molecule has 1 aromatic rings. The molecular formula is C14H21NO2. The summed E-state index contributed by atoms with van der Waals surface area (Å²) < 4.78 is 4.88. The van der Waals surface area contributed by atoms with E-state index in [1.54, 1.807) is 0 Å². The molecule has 0 fully saturated rings. The monoisotopic (exact) mass is 235 g/mol. The number of carbonyl (C=O) groups excluding carboxylic acids is 1. The van der Waals surface area contributed by atoms with Gasteiger partial charge in [-0.15, -0.1) is 0 Å². The van der Waals surface area contributed by atoms with Gasteiger partial charge in [-0.3, -0.25) is 4.79 Å². The van der Waals surface area contributed by atoms with Crippen LogP contribution < -0.4 is 5.32 Å². The Morgan fingerprint density at radius 1 is 1.35 bits per heavy atom. The van der Waals surface area contributed by atoms with E-state index in [-0.39, 0.29) is 12.0 Å². The largest absolute Gasteiger partial charge is 0.469 e. The molecule has 0 radical (unpaired) electrons. The van der Waals surface area contributed by atoms with Crippen LogP contribution in [0.2, 0.25) is 0 Å². The molecule has 3 nitrogen and oxygen atoms in total. The maximum atomic E-state index is 11.9. The number of nitrogens with one attached hydrogen (secondary N) is 1. The van der Waals surface area contributed by atoms with Gasteiger partial charge in [0.15, 0.2) is 0 Å². The summed E-state index contributed by atoms with van der Waals surface area (Å²) in [6.07, 6.45) is 0. The lowest BCUT2D eigenvalue weighted by Crippen LogP contribution is -2.39. The third-order valence-corrected chi connectivity index (χ3v) is 3.22. The van der Waals surface area contributed by atoms with E-state index >= 15 is 0 Å². The van der Waals surface area contributed by atoms with Crippen LogP contribution in [0, 0.1) is 12.3 Å². The molecule has 0 spiro atoms. The number of carbonyl (C=O) groups is 1. The average molecular weight is 235 g/mol. The fourth-order valence-corrected chi connectivity index (χ4v) is 2.20. The quantitative estimate of drug-likeness (QED) is 0.815. The van der Waals surface area contributed by atoms with E-state index in [0.717, 1.165) is 5.56 Å². The first-order valence-corrected chi connectivity index (χ1v) is 5.76. The number of methoxy groups -OCH3 is 1. The normalized spacial score (nSPS) is 13.2. The van der Waals surface area contributed by atoms with Crippen molar-refractivity contribution in [3.8, 4) is 0 Å². The minimum absolute atomic E-state index is 0.0591. The Morgan fingerprint density at radius 2 is 1.94 bits per heavy atom. The summed E-state index contributed by atoms with van der Waals surface area (Å²) >= 11 is 0. The van der Waals surface area contributed by atoms with E-state index in [1.807, 2.05) is 52.1 Å². The van der Waals surface area contributed by atoms with Gasteiger partial charge in [0, 0.05) is 6.04 Å². The number of hydrogen-bond acceptors (Lipinski definition) is 3. The van der Waals surface area contributed by atoms with E-state index in [1.165, 1.54) is 12.7 Å². The van der Waals surface area contributed by atoms with Crippen molar-refractivity contribution in [2.24, 2.45) is 5.41 Å². The number of ether oxygens (including phenoxy) is 1. The van der Waals surface area contributed by atoms with Gasteiger partial charge in [-0.2, -0.15) is 0 Å². The summed E-state index contributed by atoms with van der Waals surface area (Å²) in [7, 11) is 3.29. The lowest BCUT2D eigenvalue weighted by Gasteiger charge is -2.32. The average Bonchev–Trinajstić information content (AvgIpc) is 2.31. The van der Waals surface area contributed by atoms with Gasteiger partial charge in [-0.05, 0) is 38.9 Å². The summed E-state index contributed by atoms with van der Waals surface area (Å²) in [4.78, 5) is 11.9. The Bertz CT molecular complexity index is 399. The standard InChI is InChI=1S/C14H21NO2/c1-10-8-6-7-9-11(10)12(15-4)14(2,3)13(16)17-5/h6-9,12,15H,1-5H3. The van der Waals surface area contributed by atoms with Crippen molar-refractivity contribution < 1.29 is 9.53 Å². The second-order valence-electron chi connectivity index (χ2n) is 4.79. The van der Waals surface area contributed by atoms with Crippen LogP contribution in [0.15, 0.2) is 24.3 Å². The van der Waals surface area contributed by atoms with Crippen LogP contribution >= 0.6 is 0 Å². The van der Waals surface area contributed by atoms with E-state index < -0.39 is 5.41 Å². The van der Waals surface area contributed by atoms with E-state index in [4.69, 9.17) is 4.74 Å². The van der Waals surface area contributed by atoms with Crippen LogP contribution in [0.3, 0.4) is 0 Å². The number of hydrogen-bond donors (Lipinski definition) is 1. The minimum Gasteiger partial charge on any atom is -0.469 e. The molecule has 0 bridgehead atoms. The van der Waals surface area contributed by atoms with Crippen molar-refractivity contribution in [2.45, 2.75) is 26.8 Å². The zero-order chi connectivity index (χ0) is 13.1. The highest BCUT2D eigenvalue weighted by Crippen LogP contribution is 2.35. The molecule has 0 aromatic heterocycles. The minimum atomic E-state index is -0.602. The molecule has 0 heterocycles. The van der Waals surface area contributed by atoms with Crippen LogP contribution in [0.1, 0.15) is 31.0 Å². The van der Waals surface area contributed by atoms with Gasteiger partial charge in [-0.1, -0.05) is 24.3 Å². The highest BCUT2D eigenvalue weighted by atomic mass is 16.5. The molecule has 1 atom stereocenters. The zero-order valence-electron chi connectivity index (χ0n) is 11.2. The van der Waals surface area contributed by atoms with Crippen molar-refractivity contribution in [1.82, 2.24) is 5.32 Å². The second kappa shape index (κ2) is 5.32. The molecule has 0 aliphatic rings. The molecule has 0 amide bonds. The summed E-state index contributed by atoms with van der Waals surface area (Å²) in [5, 5.41) is 3.21. The van der Waals surface area contributed by atoms with Crippen LogP contribution in [0.4, 0.5) is 0 Å². The number of rotatable bonds is 4. The molecule has 0 aliphatic carbocycles. The van der Waals surface area contributed by atoms with Gasteiger partial charge in [0.25, 0.3) is 0 Å². The SMILES string of the molecule is CNC(c1ccccc1C)C(C)(C)C(=O)OC. The predicted molar refractivity (Wildman–Crippen MR) is 68.8 cm³/mol. The molecule has 1 N–H and O–H groups in total. The summed E-state index contributed by atoms with van der Waals surface area (Å²) in [5.74, 6) is -0.208. The third kappa shape index (κ3) is 2.67. The number of benzene rings is 1. The van der Waals surface area contributed by atoms with Gasteiger partial charge in [0.05, 0.1) is 12.5 Å². The molecule has 1 aromatic carbocycles. The summed E-state index contributed by atoms with van der Waals surface area (Å²) in [5.41, 5.74) is 1.70. The maximum absolute atomic E-state index is 11.9. The summed E-state index contributed by atoms with van der Waals surface area (Å²) in [6, 6.07) is 8.02. The number of aryl methyl sites for hydroxylation is 1. The smallest absolute Gasteiger partial charge is 0.313 e. The molecule has 0 saturated heterocycles. The molecule has 1 unspecified atom stereocenters. The van der Waals surface area contributed by atoms with Crippen molar-refractivity contribution in [1.29, 1.82) is 0 Å². The first-order chi connectivity index (χ1) is 7.95. The first kappa shape index (κ1) is 13.7. The second-order valence-corrected chi connectivity index (χ2v) is 4.79. The fraction of sp³-hybridized carbons (Fsp3) is 0.500. The van der Waals surface area contributed by atoms with Gasteiger partial charge < -0.3 is 10.1 Å². The molecular weight excluding hydrogens is 214 g/mol. The Labute approximate surface area is 103 Å². The Kier molecular flexibility index (Phi) is 4.29. The van der Waals surface area contributed by atoms with Crippen molar-refractivity contribution >= 4 is 5.97 Å². The topological polar surface area (TPSA) is 38.3 Å². The highest BCUT2D eigenvalue weighted by Gasteiger charge is 2.38. The van der Waals surface area contributed by atoms with Crippen molar-refractivity contribution in [3.63, 3.8) is 0 Å². The lowest BCUT2D eigenvalue weighted by atomic mass is 9.79. The van der Waals surface area contributed by atoms with Crippen LogP contribution in [0.5, 0.6) is 0 Å². The van der Waals surface area contributed by atoms with Crippen molar-refractivity contribution in [2.75, 3.05) is 14.2 Å². The molecule has 1 rings (SSSR count). The van der Waals surface area contributed by atoms with Crippen LogP contribution in [-0.4, -0.2) is 20.1 Å². The van der Waals surface area contributed by atoms with Gasteiger partial charge >= 0.3 is 5.97 Å². The Morgan fingerprint density at radius 3 is 2.41 bits per heavy atom. The molecule has 0 saturated carbocycles. The summed E-state index contributed by atoms with van der Waals surface area (Å²) in [6.45, 7) is 5.84. The Hall–Kier alpha value is -1.35. The predicted octanol–water partition coefficient (Wildman–Crippen LogP) is 2.45. The van der Waals surface area contributed by atoms with Gasteiger partial charge in [0.2, 0.25) is 0 Å². The van der Waals surface area contributed by atoms with E-state index in [2.05, 4.69) is 5.32 Å². The fourth-order valence-electron chi connectivity index (χ4n) is 2.20. The molecule has 17 heavy (non-hydrogen) atoms. The van der Waals surface area contributed by atoms with E-state index in [9.17, 15) is 4.79 Å².